The van der Waals surface area contributed by atoms with Crippen molar-refractivity contribution in [3.05, 3.63) is 65.7 Å². The number of benzene rings is 2. The maximum Gasteiger partial charge on any atom is 0.118 e. The number of ether oxygens (including phenoxy) is 1. The highest BCUT2D eigenvalue weighted by molar-refractivity contribution is 5.32. The van der Waals surface area contributed by atoms with Crippen LogP contribution >= 0.6 is 0 Å². The van der Waals surface area contributed by atoms with Crippen LogP contribution in [-0.4, -0.2) is 17.3 Å². The third-order valence-corrected chi connectivity index (χ3v) is 3.33. The van der Waals surface area contributed by atoms with Gasteiger partial charge >= 0.3 is 0 Å². The first-order valence-electron chi connectivity index (χ1n) is 7.02. The molecule has 0 radical (unpaired) electrons. The summed E-state index contributed by atoms with van der Waals surface area (Å²) in [6.07, 6.45) is 1.61. The Bertz CT molecular complexity index is 532. The Kier molecular flexibility index (Phi) is 4.80. The molecule has 0 fully saturated rings. The number of phenols is 1. The lowest BCUT2D eigenvalue weighted by molar-refractivity contribution is -0.0155. The summed E-state index contributed by atoms with van der Waals surface area (Å²) < 4.78 is 5.98. The average Bonchev–Trinajstić information content (AvgIpc) is 2.42. The van der Waals surface area contributed by atoms with E-state index >= 15 is 0 Å². The van der Waals surface area contributed by atoms with E-state index in [1.807, 2.05) is 36.4 Å². The van der Waals surface area contributed by atoms with Crippen molar-refractivity contribution in [2.45, 2.75) is 32.3 Å². The van der Waals surface area contributed by atoms with E-state index in [-0.39, 0.29) is 5.60 Å². The maximum atomic E-state index is 9.82. The van der Waals surface area contributed by atoms with Crippen LogP contribution in [0.25, 0.3) is 0 Å². The predicted octanol–water partition coefficient (Wildman–Crippen LogP) is 3.97. The lowest BCUT2D eigenvalue weighted by Crippen LogP contribution is -2.28. The molecule has 2 aromatic rings. The SMILES string of the molecule is CC(C)(Cc1ccccc1O)OCCc1ccccc1. The third kappa shape index (κ3) is 4.39. The molecule has 0 aliphatic heterocycles. The smallest absolute Gasteiger partial charge is 0.118 e. The van der Waals surface area contributed by atoms with E-state index in [4.69, 9.17) is 4.74 Å². The fourth-order valence-electron chi connectivity index (χ4n) is 2.26. The monoisotopic (exact) mass is 270 g/mol. The van der Waals surface area contributed by atoms with Crippen LogP contribution in [0.5, 0.6) is 5.75 Å². The summed E-state index contributed by atoms with van der Waals surface area (Å²) in [7, 11) is 0. The van der Waals surface area contributed by atoms with E-state index in [9.17, 15) is 5.11 Å². The molecule has 0 atom stereocenters. The molecule has 2 nitrogen and oxygen atoms in total. The molecule has 0 spiro atoms. The Balaban J connectivity index is 1.86. The van der Waals surface area contributed by atoms with Crippen LogP contribution in [0.3, 0.4) is 0 Å². The summed E-state index contributed by atoms with van der Waals surface area (Å²) in [6, 6.07) is 17.8. The van der Waals surface area contributed by atoms with E-state index < -0.39 is 0 Å². The minimum atomic E-state index is -0.284. The molecule has 0 amide bonds. The summed E-state index contributed by atoms with van der Waals surface area (Å²) in [6.45, 7) is 4.81. The van der Waals surface area contributed by atoms with E-state index in [0.29, 0.717) is 18.8 Å². The molecule has 0 saturated heterocycles. The maximum absolute atomic E-state index is 9.82. The van der Waals surface area contributed by atoms with Gasteiger partial charge in [-0.2, -0.15) is 0 Å². The van der Waals surface area contributed by atoms with Crippen LogP contribution in [-0.2, 0) is 17.6 Å². The second-order valence-electron chi connectivity index (χ2n) is 5.65. The van der Waals surface area contributed by atoms with Gasteiger partial charge in [-0.15, -0.1) is 0 Å². The van der Waals surface area contributed by atoms with Crippen LogP contribution in [0, 0.1) is 0 Å². The minimum Gasteiger partial charge on any atom is -0.508 e. The van der Waals surface area contributed by atoms with Crippen LogP contribution in [0.4, 0.5) is 0 Å². The summed E-state index contributed by atoms with van der Waals surface area (Å²) in [5.41, 5.74) is 1.93. The zero-order chi connectivity index (χ0) is 14.4. The van der Waals surface area contributed by atoms with Gasteiger partial charge < -0.3 is 9.84 Å². The van der Waals surface area contributed by atoms with Gasteiger partial charge in [0, 0.05) is 6.42 Å². The van der Waals surface area contributed by atoms with Crippen LogP contribution < -0.4 is 0 Å². The van der Waals surface area contributed by atoms with Crippen LogP contribution in [0.15, 0.2) is 54.6 Å². The molecule has 106 valence electrons. The Morgan fingerprint density at radius 2 is 1.60 bits per heavy atom. The molecule has 2 heteroatoms. The second kappa shape index (κ2) is 6.58. The number of hydrogen-bond acceptors (Lipinski definition) is 2. The quantitative estimate of drug-likeness (QED) is 0.860. The van der Waals surface area contributed by atoms with E-state index in [0.717, 1.165) is 12.0 Å². The van der Waals surface area contributed by atoms with Gasteiger partial charge in [-0.25, -0.2) is 0 Å². The molecule has 2 aromatic carbocycles. The van der Waals surface area contributed by atoms with E-state index in [2.05, 4.69) is 26.0 Å². The van der Waals surface area contributed by atoms with Crippen molar-refractivity contribution >= 4 is 0 Å². The highest BCUT2D eigenvalue weighted by Crippen LogP contribution is 2.23. The first-order valence-corrected chi connectivity index (χ1v) is 7.02. The molecular formula is C18H22O2. The predicted molar refractivity (Wildman–Crippen MR) is 82.0 cm³/mol. The topological polar surface area (TPSA) is 29.5 Å². The lowest BCUT2D eigenvalue weighted by Gasteiger charge is -2.26. The highest BCUT2D eigenvalue weighted by Gasteiger charge is 2.20. The lowest BCUT2D eigenvalue weighted by atomic mass is 9.97. The van der Waals surface area contributed by atoms with Gasteiger partial charge in [-0.05, 0) is 37.5 Å². The number of para-hydroxylation sites is 1. The van der Waals surface area contributed by atoms with Crippen LogP contribution in [0.2, 0.25) is 0 Å². The van der Waals surface area contributed by atoms with Crippen molar-refractivity contribution in [3.8, 4) is 5.75 Å². The molecule has 1 N–H and O–H groups in total. The van der Waals surface area contributed by atoms with Gasteiger partial charge in [0.25, 0.3) is 0 Å². The standard InChI is InChI=1S/C18H22O2/c1-18(2,14-16-10-6-7-11-17(16)19)20-13-12-15-8-4-3-5-9-15/h3-11,19H,12-14H2,1-2H3. The molecule has 2 rings (SSSR count). The van der Waals surface area contributed by atoms with Gasteiger partial charge in [0.2, 0.25) is 0 Å². The molecule has 0 bridgehead atoms. The fourth-order valence-corrected chi connectivity index (χ4v) is 2.26. The molecule has 0 unspecified atom stereocenters. The van der Waals surface area contributed by atoms with E-state index in [1.54, 1.807) is 6.07 Å². The van der Waals surface area contributed by atoms with Gasteiger partial charge in [0.15, 0.2) is 0 Å². The molecule has 20 heavy (non-hydrogen) atoms. The van der Waals surface area contributed by atoms with Crippen molar-refractivity contribution in [2.75, 3.05) is 6.61 Å². The first-order chi connectivity index (χ1) is 9.57. The first kappa shape index (κ1) is 14.6. The average molecular weight is 270 g/mol. The van der Waals surface area contributed by atoms with Gasteiger partial charge in [0.1, 0.15) is 5.75 Å². The molecule has 0 aromatic heterocycles. The minimum absolute atomic E-state index is 0.284. The Labute approximate surface area is 121 Å². The fraction of sp³-hybridized carbons (Fsp3) is 0.333. The Morgan fingerprint density at radius 3 is 2.30 bits per heavy atom. The van der Waals surface area contributed by atoms with Crippen molar-refractivity contribution in [3.63, 3.8) is 0 Å². The molecule has 0 aliphatic carbocycles. The highest BCUT2D eigenvalue weighted by atomic mass is 16.5. The number of aromatic hydroxyl groups is 1. The Morgan fingerprint density at radius 1 is 0.950 bits per heavy atom. The second-order valence-corrected chi connectivity index (χ2v) is 5.65. The zero-order valence-electron chi connectivity index (χ0n) is 12.2. The molecule has 0 heterocycles. The van der Waals surface area contributed by atoms with Crippen molar-refractivity contribution in [1.82, 2.24) is 0 Å². The number of rotatable bonds is 6. The van der Waals surface area contributed by atoms with Crippen molar-refractivity contribution < 1.29 is 9.84 Å². The van der Waals surface area contributed by atoms with Gasteiger partial charge in [-0.1, -0.05) is 48.5 Å². The zero-order valence-corrected chi connectivity index (χ0v) is 12.2. The number of hydrogen-bond donors (Lipinski definition) is 1. The molecule has 0 aliphatic rings. The molecular weight excluding hydrogens is 248 g/mol. The van der Waals surface area contributed by atoms with E-state index in [1.165, 1.54) is 5.56 Å². The normalized spacial score (nSPS) is 11.5. The summed E-state index contributed by atoms with van der Waals surface area (Å²) in [5, 5.41) is 9.82. The van der Waals surface area contributed by atoms with Gasteiger partial charge in [-0.3, -0.25) is 0 Å². The summed E-state index contributed by atoms with van der Waals surface area (Å²) >= 11 is 0. The molecule has 0 saturated carbocycles. The summed E-state index contributed by atoms with van der Waals surface area (Å²) in [4.78, 5) is 0. The Hall–Kier alpha value is -1.80. The van der Waals surface area contributed by atoms with Crippen LogP contribution in [0.1, 0.15) is 25.0 Å². The van der Waals surface area contributed by atoms with Crippen molar-refractivity contribution in [1.29, 1.82) is 0 Å². The largest absolute Gasteiger partial charge is 0.508 e. The van der Waals surface area contributed by atoms with Crippen molar-refractivity contribution in [2.24, 2.45) is 0 Å². The number of phenolic OH excluding ortho intramolecular Hbond substituents is 1. The third-order valence-electron chi connectivity index (χ3n) is 3.33. The van der Waals surface area contributed by atoms with Gasteiger partial charge in [0.05, 0.1) is 12.2 Å². The summed E-state index contributed by atoms with van der Waals surface area (Å²) in [5.74, 6) is 0.340.